The average Bonchev–Trinajstić information content (AvgIpc) is 2.91. The number of aromatic nitrogens is 4. The zero-order valence-corrected chi connectivity index (χ0v) is 13.2. The molecule has 0 aliphatic rings. The molecule has 19 heavy (non-hydrogen) atoms. The third-order valence-corrected chi connectivity index (χ3v) is 3.66. The van der Waals surface area contributed by atoms with Gasteiger partial charge in [-0.15, -0.1) is 0 Å². The lowest BCUT2D eigenvalue weighted by Gasteiger charge is -2.17. The summed E-state index contributed by atoms with van der Waals surface area (Å²) >= 11 is 3.46. The Hall–Kier alpha value is -1.14. The fraction of sp³-hybridized carbons (Fsp3) is 0.538. The number of halogens is 1. The average molecular weight is 327 g/mol. The van der Waals surface area contributed by atoms with Gasteiger partial charge >= 0.3 is 0 Å². The van der Waals surface area contributed by atoms with Gasteiger partial charge in [0.1, 0.15) is 6.10 Å². The molecule has 104 valence electrons. The second-order valence-electron chi connectivity index (χ2n) is 4.84. The highest BCUT2D eigenvalue weighted by Gasteiger charge is 2.24. The predicted molar refractivity (Wildman–Crippen MR) is 77.0 cm³/mol. The third-order valence-electron chi connectivity index (χ3n) is 3.05. The van der Waals surface area contributed by atoms with Crippen LogP contribution in [0.15, 0.2) is 16.7 Å². The van der Waals surface area contributed by atoms with Gasteiger partial charge in [-0.2, -0.15) is 10.2 Å². The summed E-state index contributed by atoms with van der Waals surface area (Å²) in [6, 6.07) is 2.10. The third kappa shape index (κ3) is 2.60. The van der Waals surface area contributed by atoms with Gasteiger partial charge in [-0.05, 0) is 49.7 Å². The van der Waals surface area contributed by atoms with Crippen LogP contribution in [0.3, 0.4) is 0 Å². The minimum absolute atomic E-state index is 0.190. The first-order chi connectivity index (χ1) is 8.95. The van der Waals surface area contributed by atoms with Crippen molar-refractivity contribution in [3.05, 3.63) is 33.8 Å². The lowest BCUT2D eigenvalue weighted by atomic mass is 10.1. The van der Waals surface area contributed by atoms with E-state index in [2.05, 4.69) is 26.1 Å². The number of aliphatic hydroxyl groups is 1. The fourth-order valence-electron chi connectivity index (χ4n) is 2.20. The van der Waals surface area contributed by atoms with Crippen molar-refractivity contribution in [3.8, 4) is 0 Å². The van der Waals surface area contributed by atoms with Crippen LogP contribution in [0.1, 0.15) is 50.0 Å². The standard InChI is InChI=1S/C13H19BrN4O/c1-5-17-11(6-9(4)16-17)13(19)12-10(14)7-15-18(12)8(2)3/h6-8,13,19H,5H2,1-4H3. The maximum atomic E-state index is 10.7. The number of rotatable bonds is 4. The van der Waals surface area contributed by atoms with E-state index in [1.165, 1.54) is 0 Å². The van der Waals surface area contributed by atoms with Gasteiger partial charge in [-0.3, -0.25) is 9.36 Å². The first kappa shape index (κ1) is 14.3. The van der Waals surface area contributed by atoms with Crippen LogP contribution in [0, 0.1) is 6.92 Å². The van der Waals surface area contributed by atoms with Gasteiger partial charge in [-0.1, -0.05) is 0 Å². The molecule has 0 aliphatic heterocycles. The molecule has 1 unspecified atom stereocenters. The van der Waals surface area contributed by atoms with Crippen molar-refractivity contribution < 1.29 is 5.11 Å². The molecule has 0 saturated carbocycles. The van der Waals surface area contributed by atoms with Crippen molar-refractivity contribution in [2.45, 2.75) is 46.4 Å². The van der Waals surface area contributed by atoms with Gasteiger partial charge in [0.2, 0.25) is 0 Å². The summed E-state index contributed by atoms with van der Waals surface area (Å²) in [7, 11) is 0. The topological polar surface area (TPSA) is 55.9 Å². The van der Waals surface area contributed by atoms with E-state index in [-0.39, 0.29) is 6.04 Å². The molecule has 0 aliphatic carbocycles. The number of aryl methyl sites for hydroxylation is 2. The Labute approximate surface area is 121 Å². The molecule has 1 atom stereocenters. The van der Waals surface area contributed by atoms with Crippen LogP contribution in [-0.4, -0.2) is 24.7 Å². The van der Waals surface area contributed by atoms with E-state index < -0.39 is 6.10 Å². The minimum Gasteiger partial charge on any atom is -0.380 e. The van der Waals surface area contributed by atoms with Gasteiger partial charge in [0.15, 0.2) is 0 Å². The van der Waals surface area contributed by atoms with Crippen molar-refractivity contribution >= 4 is 15.9 Å². The molecule has 2 aromatic rings. The largest absolute Gasteiger partial charge is 0.380 e. The van der Waals surface area contributed by atoms with E-state index in [0.717, 1.165) is 28.1 Å². The quantitative estimate of drug-likeness (QED) is 0.939. The van der Waals surface area contributed by atoms with E-state index >= 15 is 0 Å². The van der Waals surface area contributed by atoms with Gasteiger partial charge < -0.3 is 5.11 Å². The Bertz CT molecular complexity index is 573. The minimum atomic E-state index is -0.736. The summed E-state index contributed by atoms with van der Waals surface area (Å²) in [6.07, 6.45) is 0.985. The van der Waals surface area contributed by atoms with Crippen molar-refractivity contribution in [2.24, 2.45) is 0 Å². The van der Waals surface area contributed by atoms with Gasteiger partial charge in [0.05, 0.1) is 27.8 Å². The van der Waals surface area contributed by atoms with E-state index in [0.29, 0.717) is 0 Å². The van der Waals surface area contributed by atoms with Crippen molar-refractivity contribution in [1.82, 2.24) is 19.6 Å². The van der Waals surface area contributed by atoms with E-state index in [4.69, 9.17) is 0 Å². The molecular weight excluding hydrogens is 308 g/mol. The summed E-state index contributed by atoms with van der Waals surface area (Å²) < 4.78 is 4.47. The second kappa shape index (κ2) is 5.46. The molecule has 0 spiro atoms. The predicted octanol–water partition coefficient (Wildman–Crippen LogP) is 2.83. The van der Waals surface area contributed by atoms with Crippen LogP contribution in [0.25, 0.3) is 0 Å². The summed E-state index contributed by atoms with van der Waals surface area (Å²) in [4.78, 5) is 0. The van der Waals surface area contributed by atoms with Gasteiger partial charge in [0.25, 0.3) is 0 Å². The second-order valence-corrected chi connectivity index (χ2v) is 5.70. The molecule has 0 bridgehead atoms. The van der Waals surface area contributed by atoms with Gasteiger partial charge in [-0.25, -0.2) is 0 Å². The molecule has 0 amide bonds. The molecule has 0 saturated heterocycles. The van der Waals surface area contributed by atoms with Gasteiger partial charge in [0, 0.05) is 12.6 Å². The summed E-state index contributed by atoms with van der Waals surface area (Å²) in [5.74, 6) is 0. The SMILES string of the molecule is CCn1nc(C)cc1C(O)c1c(Br)cnn1C(C)C. The molecule has 2 aromatic heterocycles. The molecule has 2 rings (SSSR count). The summed E-state index contributed by atoms with van der Waals surface area (Å²) in [5.41, 5.74) is 2.47. The fourth-order valence-corrected chi connectivity index (χ4v) is 2.69. The van der Waals surface area contributed by atoms with Crippen molar-refractivity contribution in [1.29, 1.82) is 0 Å². The van der Waals surface area contributed by atoms with Crippen molar-refractivity contribution in [2.75, 3.05) is 0 Å². The zero-order valence-electron chi connectivity index (χ0n) is 11.6. The molecular formula is C13H19BrN4O. The first-order valence-corrected chi connectivity index (χ1v) is 7.20. The Kier molecular flexibility index (Phi) is 4.10. The Balaban J connectivity index is 2.49. The Morgan fingerprint density at radius 3 is 2.68 bits per heavy atom. The van der Waals surface area contributed by atoms with Crippen LogP contribution in [-0.2, 0) is 6.54 Å². The monoisotopic (exact) mass is 326 g/mol. The molecule has 2 heterocycles. The highest BCUT2D eigenvalue weighted by molar-refractivity contribution is 9.10. The van der Waals surface area contributed by atoms with E-state index in [1.54, 1.807) is 6.20 Å². The van der Waals surface area contributed by atoms with Crippen LogP contribution in [0.5, 0.6) is 0 Å². The van der Waals surface area contributed by atoms with Crippen LogP contribution >= 0.6 is 15.9 Å². The maximum absolute atomic E-state index is 10.7. The van der Waals surface area contributed by atoms with Crippen LogP contribution in [0.4, 0.5) is 0 Å². The molecule has 5 nitrogen and oxygen atoms in total. The van der Waals surface area contributed by atoms with Crippen molar-refractivity contribution in [3.63, 3.8) is 0 Å². The normalized spacial score (nSPS) is 13.2. The molecule has 0 aromatic carbocycles. The number of hydrogen-bond donors (Lipinski definition) is 1. The van der Waals surface area contributed by atoms with Crippen LogP contribution < -0.4 is 0 Å². The van der Waals surface area contributed by atoms with E-state index in [9.17, 15) is 5.11 Å². The first-order valence-electron chi connectivity index (χ1n) is 6.41. The highest BCUT2D eigenvalue weighted by Crippen LogP contribution is 2.30. The Morgan fingerprint density at radius 1 is 1.42 bits per heavy atom. The zero-order chi connectivity index (χ0) is 14.2. The summed E-state index contributed by atoms with van der Waals surface area (Å²) in [5, 5.41) is 19.3. The Morgan fingerprint density at radius 2 is 2.11 bits per heavy atom. The molecule has 6 heteroatoms. The summed E-state index contributed by atoms with van der Waals surface area (Å²) in [6.45, 7) is 8.75. The molecule has 0 fully saturated rings. The maximum Gasteiger partial charge on any atom is 0.138 e. The smallest absolute Gasteiger partial charge is 0.138 e. The molecule has 0 radical (unpaired) electrons. The number of aliphatic hydroxyl groups excluding tert-OH is 1. The lowest BCUT2D eigenvalue weighted by molar-refractivity contribution is 0.193. The van der Waals surface area contributed by atoms with E-state index in [1.807, 2.05) is 43.1 Å². The van der Waals surface area contributed by atoms with Crippen LogP contribution in [0.2, 0.25) is 0 Å². The molecule has 1 N–H and O–H groups in total. The number of hydrogen-bond acceptors (Lipinski definition) is 3. The highest BCUT2D eigenvalue weighted by atomic mass is 79.9. The lowest BCUT2D eigenvalue weighted by Crippen LogP contribution is -2.15. The number of nitrogens with zero attached hydrogens (tertiary/aromatic N) is 4.